The number of rotatable bonds is 5. The molecule has 1 N–H and O–H groups in total. The molecule has 20 heavy (non-hydrogen) atoms. The van der Waals surface area contributed by atoms with E-state index in [4.69, 9.17) is 14.6 Å². The molecule has 0 aliphatic carbocycles. The number of hydrogen-bond donors (Lipinski definition) is 1. The molecule has 0 fully saturated rings. The normalized spacial score (nSPS) is 10.3. The Morgan fingerprint density at radius 3 is 2.80 bits per heavy atom. The first-order valence-electron chi connectivity index (χ1n) is 6.26. The molecule has 0 saturated carbocycles. The van der Waals surface area contributed by atoms with Crippen LogP contribution in [0, 0.1) is 0 Å². The maximum atomic E-state index is 11.5. The molecule has 4 heteroatoms. The van der Waals surface area contributed by atoms with Gasteiger partial charge in [0, 0.05) is 11.0 Å². The summed E-state index contributed by atoms with van der Waals surface area (Å²) in [7, 11) is 0. The van der Waals surface area contributed by atoms with Gasteiger partial charge in [0.1, 0.15) is 18.1 Å². The number of aliphatic hydroxyl groups is 1. The fraction of sp³-hybridized carbons (Fsp3) is 0.188. The van der Waals surface area contributed by atoms with Crippen LogP contribution in [0.4, 0.5) is 0 Å². The molecular weight excluding hydrogens is 256 g/mol. The predicted octanol–water partition coefficient (Wildman–Crippen LogP) is 2.69. The van der Waals surface area contributed by atoms with E-state index >= 15 is 0 Å². The molecule has 2 rings (SSSR count). The van der Waals surface area contributed by atoms with E-state index in [1.807, 2.05) is 24.3 Å². The van der Waals surface area contributed by atoms with E-state index in [1.54, 1.807) is 19.1 Å². The van der Waals surface area contributed by atoms with Gasteiger partial charge in [-0.05, 0) is 36.6 Å². The fourth-order valence-corrected chi connectivity index (χ4v) is 1.77. The minimum atomic E-state index is -0.447. The zero-order valence-electron chi connectivity index (χ0n) is 11.3. The summed E-state index contributed by atoms with van der Waals surface area (Å²) >= 11 is 0. The molecule has 0 aliphatic heterocycles. The summed E-state index contributed by atoms with van der Waals surface area (Å²) in [4.78, 5) is 11.5. The molecule has 0 saturated heterocycles. The lowest BCUT2D eigenvalue weighted by Crippen LogP contribution is -2.08. The number of ether oxygens (including phenoxy) is 2. The molecule has 104 valence electrons. The number of aliphatic hydroxyl groups excluding tert-OH is 1. The van der Waals surface area contributed by atoms with Gasteiger partial charge in [0.2, 0.25) is 0 Å². The Kier molecular flexibility index (Phi) is 4.38. The van der Waals surface area contributed by atoms with Gasteiger partial charge in [0.25, 0.3) is 0 Å². The van der Waals surface area contributed by atoms with E-state index in [1.165, 1.54) is 0 Å². The average molecular weight is 272 g/mol. The Morgan fingerprint density at radius 2 is 2.10 bits per heavy atom. The van der Waals surface area contributed by atoms with Crippen molar-refractivity contribution in [2.24, 2.45) is 0 Å². The highest BCUT2D eigenvalue weighted by Crippen LogP contribution is 2.29. The molecule has 0 aromatic heterocycles. The highest BCUT2D eigenvalue weighted by atomic mass is 16.5. The van der Waals surface area contributed by atoms with E-state index in [0.29, 0.717) is 17.1 Å². The molecule has 0 spiro atoms. The van der Waals surface area contributed by atoms with E-state index in [0.717, 1.165) is 10.8 Å². The van der Waals surface area contributed by atoms with Crippen LogP contribution in [0.25, 0.3) is 10.8 Å². The van der Waals surface area contributed by atoms with Crippen molar-refractivity contribution in [3.8, 4) is 11.5 Å². The van der Waals surface area contributed by atoms with Crippen molar-refractivity contribution >= 4 is 16.7 Å². The van der Waals surface area contributed by atoms with Crippen LogP contribution >= 0.6 is 0 Å². The Hall–Kier alpha value is -2.33. The molecule has 0 radical (unpaired) electrons. The van der Waals surface area contributed by atoms with E-state index in [9.17, 15) is 4.79 Å². The highest BCUT2D eigenvalue weighted by Gasteiger charge is 2.07. The summed E-state index contributed by atoms with van der Waals surface area (Å²) in [5, 5.41) is 10.6. The molecule has 0 bridgehead atoms. The van der Waals surface area contributed by atoms with E-state index < -0.39 is 5.97 Å². The number of hydrogen-bond acceptors (Lipinski definition) is 4. The molecule has 2 aromatic rings. The highest BCUT2D eigenvalue weighted by molar-refractivity contribution is 5.92. The molecule has 0 unspecified atom stereocenters. The van der Waals surface area contributed by atoms with Crippen molar-refractivity contribution in [1.29, 1.82) is 0 Å². The number of carbonyl (C=O) groups is 1. The Balaban J connectivity index is 2.31. The first kappa shape index (κ1) is 14.1. The molecule has 2 aromatic carbocycles. The molecular formula is C16H16O4. The number of benzene rings is 2. The third-order valence-electron chi connectivity index (χ3n) is 2.72. The Morgan fingerprint density at radius 1 is 1.30 bits per heavy atom. The Labute approximate surface area is 117 Å². The quantitative estimate of drug-likeness (QED) is 0.516. The smallest absolute Gasteiger partial charge is 0.338 e. The topological polar surface area (TPSA) is 55.8 Å². The van der Waals surface area contributed by atoms with Gasteiger partial charge in [-0.3, -0.25) is 0 Å². The van der Waals surface area contributed by atoms with Crippen LogP contribution < -0.4 is 9.47 Å². The zero-order valence-corrected chi connectivity index (χ0v) is 11.3. The minimum absolute atomic E-state index is 0.0370. The lowest BCUT2D eigenvalue weighted by molar-refractivity contribution is -0.130. The van der Waals surface area contributed by atoms with Crippen molar-refractivity contribution in [2.45, 2.75) is 6.92 Å². The molecule has 4 nitrogen and oxygen atoms in total. The zero-order chi connectivity index (χ0) is 14.5. The standard InChI is InChI=1S/C16H16O4/c1-11(2)16(18)20-13-6-7-14-12(10-13)4-3-5-15(14)19-9-8-17/h3-7,10,17H,1,8-9H2,2H3. The second kappa shape index (κ2) is 6.21. The molecule has 0 heterocycles. The van der Waals surface area contributed by atoms with Gasteiger partial charge in [-0.2, -0.15) is 0 Å². The fourth-order valence-electron chi connectivity index (χ4n) is 1.77. The van der Waals surface area contributed by atoms with Crippen molar-refractivity contribution in [2.75, 3.05) is 13.2 Å². The number of carbonyl (C=O) groups excluding carboxylic acids is 1. The van der Waals surface area contributed by atoms with Crippen molar-refractivity contribution in [3.05, 3.63) is 48.6 Å². The monoisotopic (exact) mass is 272 g/mol. The third-order valence-corrected chi connectivity index (χ3v) is 2.72. The molecule has 0 amide bonds. The van der Waals surface area contributed by atoms with Gasteiger partial charge in [0.05, 0.1) is 6.61 Å². The van der Waals surface area contributed by atoms with Gasteiger partial charge >= 0.3 is 5.97 Å². The first-order valence-corrected chi connectivity index (χ1v) is 6.26. The van der Waals surface area contributed by atoms with Crippen LogP contribution in [0.5, 0.6) is 11.5 Å². The van der Waals surface area contributed by atoms with Crippen molar-refractivity contribution < 1.29 is 19.4 Å². The van der Waals surface area contributed by atoms with Gasteiger partial charge in [-0.1, -0.05) is 18.7 Å². The second-order valence-corrected chi connectivity index (χ2v) is 4.38. The minimum Gasteiger partial charge on any atom is -0.491 e. The summed E-state index contributed by atoms with van der Waals surface area (Å²) in [6.45, 7) is 5.35. The van der Waals surface area contributed by atoms with Crippen molar-refractivity contribution in [1.82, 2.24) is 0 Å². The Bertz CT molecular complexity index is 646. The van der Waals surface area contributed by atoms with Crippen molar-refractivity contribution in [3.63, 3.8) is 0 Å². The van der Waals surface area contributed by atoms with Gasteiger partial charge in [-0.15, -0.1) is 0 Å². The largest absolute Gasteiger partial charge is 0.491 e. The third kappa shape index (κ3) is 3.16. The summed E-state index contributed by atoms with van der Waals surface area (Å²) in [5.41, 5.74) is 0.352. The van der Waals surface area contributed by atoms with Gasteiger partial charge < -0.3 is 14.6 Å². The summed E-state index contributed by atoms with van der Waals surface area (Å²) in [6, 6.07) is 10.9. The van der Waals surface area contributed by atoms with Crippen LogP contribution in [0.3, 0.4) is 0 Å². The second-order valence-electron chi connectivity index (χ2n) is 4.38. The van der Waals surface area contributed by atoms with Gasteiger partial charge in [-0.25, -0.2) is 4.79 Å². The van der Waals surface area contributed by atoms with Crippen LogP contribution in [-0.2, 0) is 4.79 Å². The SMILES string of the molecule is C=C(C)C(=O)Oc1ccc2c(OCCO)cccc2c1. The van der Waals surface area contributed by atoms with Crippen LogP contribution in [0.2, 0.25) is 0 Å². The number of fused-ring (bicyclic) bond motifs is 1. The lowest BCUT2D eigenvalue weighted by atomic mass is 10.1. The number of esters is 1. The van der Waals surface area contributed by atoms with Crippen LogP contribution in [0.15, 0.2) is 48.6 Å². The maximum absolute atomic E-state index is 11.5. The first-order chi connectivity index (χ1) is 9.61. The van der Waals surface area contributed by atoms with Crippen LogP contribution in [-0.4, -0.2) is 24.3 Å². The average Bonchev–Trinajstić information content (AvgIpc) is 2.44. The lowest BCUT2D eigenvalue weighted by Gasteiger charge is -2.09. The summed E-state index contributed by atoms with van der Waals surface area (Å²) in [5.74, 6) is 0.705. The molecule has 0 atom stereocenters. The van der Waals surface area contributed by atoms with Gasteiger partial charge in [0.15, 0.2) is 0 Å². The predicted molar refractivity (Wildman–Crippen MR) is 77.0 cm³/mol. The molecule has 0 aliphatic rings. The van der Waals surface area contributed by atoms with E-state index in [-0.39, 0.29) is 13.2 Å². The summed E-state index contributed by atoms with van der Waals surface area (Å²) < 4.78 is 10.6. The van der Waals surface area contributed by atoms with Crippen LogP contribution in [0.1, 0.15) is 6.92 Å². The summed E-state index contributed by atoms with van der Waals surface area (Å²) in [6.07, 6.45) is 0. The van der Waals surface area contributed by atoms with E-state index in [2.05, 4.69) is 6.58 Å². The maximum Gasteiger partial charge on any atom is 0.338 e.